The molecular formula is C28H26ClNO4S2. The molecule has 3 aromatic carbocycles. The molecule has 1 aliphatic rings. The molecule has 4 rings (SSSR count). The molecule has 0 aliphatic carbocycles. The van der Waals surface area contributed by atoms with Crippen LogP contribution in [0.3, 0.4) is 0 Å². The number of carbonyl (C=O) groups is 1. The van der Waals surface area contributed by atoms with E-state index in [1.165, 1.54) is 11.8 Å². The van der Waals surface area contributed by atoms with E-state index in [0.717, 1.165) is 11.1 Å². The Morgan fingerprint density at radius 1 is 0.917 bits per heavy atom. The highest BCUT2D eigenvalue weighted by Crippen LogP contribution is 2.35. The maximum atomic E-state index is 13.0. The van der Waals surface area contributed by atoms with Crippen molar-refractivity contribution in [3.8, 4) is 17.2 Å². The van der Waals surface area contributed by atoms with Gasteiger partial charge in [0.25, 0.3) is 5.91 Å². The van der Waals surface area contributed by atoms with Crippen molar-refractivity contribution < 1.29 is 19.0 Å². The average Bonchev–Trinajstić information content (AvgIpc) is 3.14. The molecule has 186 valence electrons. The van der Waals surface area contributed by atoms with Gasteiger partial charge in [-0.1, -0.05) is 84.1 Å². The number of thioether (sulfide) groups is 1. The first-order valence-corrected chi connectivity index (χ1v) is 13.2. The highest BCUT2D eigenvalue weighted by molar-refractivity contribution is 8.26. The molecule has 0 unspecified atom stereocenters. The van der Waals surface area contributed by atoms with Gasteiger partial charge < -0.3 is 14.2 Å². The molecule has 1 saturated heterocycles. The molecule has 0 aromatic heterocycles. The number of halogens is 1. The third kappa shape index (κ3) is 6.81. The topological polar surface area (TPSA) is 48.0 Å². The van der Waals surface area contributed by atoms with Gasteiger partial charge in [-0.05, 0) is 48.4 Å². The standard InChI is InChI=1S/C28H26ClNO4S2/c1-2-32-25-17-21(13-14-24(25)34-16-8-15-33-23-12-7-6-11-22(23)29)18-26-27(31)30(28(35)36-26)19-20-9-4-3-5-10-20/h3-7,9-14,17-18H,2,8,15-16,19H2,1H3/b26-18-. The van der Waals surface area contributed by atoms with Gasteiger partial charge >= 0.3 is 0 Å². The largest absolute Gasteiger partial charge is 0.492 e. The van der Waals surface area contributed by atoms with E-state index in [-0.39, 0.29) is 5.91 Å². The normalized spacial score (nSPS) is 14.4. The zero-order valence-corrected chi connectivity index (χ0v) is 22.2. The fourth-order valence-electron chi connectivity index (χ4n) is 3.54. The number of ether oxygens (including phenoxy) is 3. The van der Waals surface area contributed by atoms with Gasteiger partial charge in [0.2, 0.25) is 0 Å². The van der Waals surface area contributed by atoms with Crippen molar-refractivity contribution in [2.75, 3.05) is 19.8 Å². The van der Waals surface area contributed by atoms with Crippen molar-refractivity contribution in [2.45, 2.75) is 19.9 Å². The summed E-state index contributed by atoms with van der Waals surface area (Å²) in [6.45, 7) is 3.82. The van der Waals surface area contributed by atoms with Gasteiger partial charge in [-0.3, -0.25) is 9.69 Å². The number of nitrogens with zero attached hydrogens (tertiary/aromatic N) is 1. The zero-order valence-electron chi connectivity index (χ0n) is 19.8. The van der Waals surface area contributed by atoms with Crippen LogP contribution in [0.1, 0.15) is 24.5 Å². The van der Waals surface area contributed by atoms with Crippen LogP contribution in [0, 0.1) is 0 Å². The van der Waals surface area contributed by atoms with E-state index >= 15 is 0 Å². The highest BCUT2D eigenvalue weighted by atomic mass is 35.5. The molecule has 0 bridgehead atoms. The second-order valence-electron chi connectivity index (χ2n) is 7.87. The molecule has 1 heterocycles. The minimum absolute atomic E-state index is 0.0920. The highest BCUT2D eigenvalue weighted by Gasteiger charge is 2.32. The van der Waals surface area contributed by atoms with Gasteiger partial charge in [-0.15, -0.1) is 0 Å². The molecule has 3 aromatic rings. The van der Waals surface area contributed by atoms with Crippen LogP contribution in [0.15, 0.2) is 77.7 Å². The minimum Gasteiger partial charge on any atom is -0.492 e. The molecule has 36 heavy (non-hydrogen) atoms. The van der Waals surface area contributed by atoms with Gasteiger partial charge in [-0.25, -0.2) is 0 Å². The van der Waals surface area contributed by atoms with Crippen molar-refractivity contribution in [3.05, 3.63) is 93.9 Å². The second kappa shape index (κ2) is 12.8. The Morgan fingerprint density at radius 2 is 1.64 bits per heavy atom. The Balaban J connectivity index is 1.37. The van der Waals surface area contributed by atoms with Gasteiger partial charge in [-0.2, -0.15) is 0 Å². The fourth-order valence-corrected chi connectivity index (χ4v) is 4.99. The summed E-state index contributed by atoms with van der Waals surface area (Å²) in [5.41, 5.74) is 1.88. The summed E-state index contributed by atoms with van der Waals surface area (Å²) in [6, 6.07) is 22.8. The van der Waals surface area contributed by atoms with Crippen molar-refractivity contribution in [2.24, 2.45) is 0 Å². The quantitative estimate of drug-likeness (QED) is 0.149. The van der Waals surface area contributed by atoms with Gasteiger partial charge in [0.1, 0.15) is 10.1 Å². The molecule has 0 atom stereocenters. The van der Waals surface area contributed by atoms with Crippen molar-refractivity contribution in [3.63, 3.8) is 0 Å². The molecule has 1 fully saturated rings. The van der Waals surface area contributed by atoms with Crippen molar-refractivity contribution >= 4 is 51.9 Å². The fraction of sp³-hybridized carbons (Fsp3) is 0.214. The van der Waals surface area contributed by atoms with E-state index in [4.69, 9.17) is 38.0 Å². The smallest absolute Gasteiger partial charge is 0.266 e. The third-order valence-electron chi connectivity index (χ3n) is 5.26. The number of thiocarbonyl (C=S) groups is 1. The predicted molar refractivity (Wildman–Crippen MR) is 150 cm³/mol. The maximum Gasteiger partial charge on any atom is 0.266 e. The lowest BCUT2D eigenvalue weighted by Crippen LogP contribution is -2.27. The monoisotopic (exact) mass is 539 g/mol. The Bertz CT molecular complexity index is 1250. The molecule has 0 spiro atoms. The van der Waals surface area contributed by atoms with Crippen LogP contribution < -0.4 is 14.2 Å². The molecule has 1 aliphatic heterocycles. The summed E-state index contributed by atoms with van der Waals surface area (Å²) < 4.78 is 18.0. The van der Waals surface area contributed by atoms with Gasteiger partial charge in [0, 0.05) is 6.42 Å². The summed E-state index contributed by atoms with van der Waals surface area (Å²) in [4.78, 5) is 15.2. The van der Waals surface area contributed by atoms with E-state index in [0.29, 0.717) is 64.3 Å². The van der Waals surface area contributed by atoms with Gasteiger partial charge in [0.15, 0.2) is 11.5 Å². The van der Waals surface area contributed by atoms with E-state index in [1.807, 2.05) is 79.7 Å². The number of hydrogen-bond donors (Lipinski definition) is 0. The summed E-state index contributed by atoms with van der Waals surface area (Å²) in [7, 11) is 0. The van der Waals surface area contributed by atoms with E-state index in [9.17, 15) is 4.79 Å². The zero-order chi connectivity index (χ0) is 25.3. The van der Waals surface area contributed by atoms with E-state index in [1.54, 1.807) is 11.0 Å². The number of rotatable bonds is 11. The Labute approximate surface area is 226 Å². The number of amides is 1. The van der Waals surface area contributed by atoms with Crippen LogP contribution in [-0.4, -0.2) is 34.9 Å². The molecule has 5 nitrogen and oxygen atoms in total. The number of para-hydroxylation sites is 1. The molecule has 0 saturated carbocycles. The lowest BCUT2D eigenvalue weighted by Gasteiger charge is -2.14. The summed E-state index contributed by atoms with van der Waals surface area (Å²) in [5.74, 6) is 1.83. The van der Waals surface area contributed by atoms with Crippen molar-refractivity contribution in [1.29, 1.82) is 0 Å². The summed E-state index contributed by atoms with van der Waals surface area (Å²) in [6.07, 6.45) is 2.52. The van der Waals surface area contributed by atoms with Crippen LogP contribution in [-0.2, 0) is 11.3 Å². The Kier molecular flexibility index (Phi) is 9.28. The van der Waals surface area contributed by atoms with Crippen LogP contribution in [0.4, 0.5) is 0 Å². The predicted octanol–water partition coefficient (Wildman–Crippen LogP) is 6.99. The average molecular weight is 540 g/mol. The minimum atomic E-state index is -0.0920. The van der Waals surface area contributed by atoms with Crippen LogP contribution in [0.2, 0.25) is 5.02 Å². The van der Waals surface area contributed by atoms with Crippen LogP contribution in [0.25, 0.3) is 6.08 Å². The first-order valence-electron chi connectivity index (χ1n) is 11.6. The Hall–Kier alpha value is -3.00. The molecule has 8 heteroatoms. The Morgan fingerprint density at radius 3 is 2.39 bits per heavy atom. The summed E-state index contributed by atoms with van der Waals surface area (Å²) >= 11 is 12.9. The molecule has 0 radical (unpaired) electrons. The van der Waals surface area contributed by atoms with Gasteiger partial charge in [0.05, 0.1) is 36.3 Å². The summed E-state index contributed by atoms with van der Waals surface area (Å²) in [5, 5.41) is 0.588. The number of hydrogen-bond acceptors (Lipinski definition) is 6. The number of benzene rings is 3. The first kappa shape index (κ1) is 26.1. The first-order chi connectivity index (χ1) is 17.5. The van der Waals surface area contributed by atoms with E-state index in [2.05, 4.69) is 0 Å². The lowest BCUT2D eigenvalue weighted by atomic mass is 10.1. The molecule has 0 N–H and O–H groups in total. The third-order valence-corrected chi connectivity index (χ3v) is 6.95. The van der Waals surface area contributed by atoms with Crippen LogP contribution >= 0.6 is 35.6 Å². The second-order valence-corrected chi connectivity index (χ2v) is 9.96. The maximum absolute atomic E-state index is 13.0. The number of carbonyl (C=O) groups excluding carboxylic acids is 1. The molecular weight excluding hydrogens is 514 g/mol. The van der Waals surface area contributed by atoms with Crippen LogP contribution in [0.5, 0.6) is 17.2 Å². The molecule has 1 amide bonds. The van der Waals surface area contributed by atoms with Crippen molar-refractivity contribution in [1.82, 2.24) is 4.90 Å². The SMILES string of the molecule is CCOc1cc(/C=C2\SC(=S)N(Cc3ccccc3)C2=O)ccc1OCCCOc1ccccc1Cl. The lowest BCUT2D eigenvalue weighted by molar-refractivity contribution is -0.122. The van der Waals surface area contributed by atoms with E-state index < -0.39 is 0 Å².